The maximum Gasteiger partial charge on any atom is 0.183 e. The van der Waals surface area contributed by atoms with Crippen LogP contribution in [0, 0.1) is 25.7 Å². The Balaban J connectivity index is 1.91. The van der Waals surface area contributed by atoms with Crippen LogP contribution in [0.15, 0.2) is 83.9 Å². The van der Waals surface area contributed by atoms with Gasteiger partial charge in [-0.05, 0) is 56.2 Å². The molecular weight excluding hydrogens is 304 g/mol. The molecule has 0 aromatic heterocycles. The van der Waals surface area contributed by atoms with E-state index in [0.29, 0.717) is 5.84 Å². The van der Waals surface area contributed by atoms with Crippen molar-refractivity contribution in [2.75, 3.05) is 5.32 Å². The van der Waals surface area contributed by atoms with Crippen LogP contribution < -0.4 is 5.32 Å². The number of anilines is 1. The van der Waals surface area contributed by atoms with Crippen LogP contribution in [0.1, 0.15) is 16.7 Å². The van der Waals surface area contributed by atoms with Crippen molar-refractivity contribution in [1.82, 2.24) is 0 Å². The van der Waals surface area contributed by atoms with Crippen molar-refractivity contribution in [3.63, 3.8) is 0 Å². The van der Waals surface area contributed by atoms with Gasteiger partial charge in [-0.15, -0.1) is 0 Å². The molecule has 1 N–H and O–H groups in total. The lowest BCUT2D eigenvalue weighted by atomic mass is 10.2. The third kappa shape index (κ3) is 5.09. The fraction of sp³-hybridized carbons (Fsp3) is 0.0870. The number of benzene rings is 3. The van der Waals surface area contributed by atoms with Crippen LogP contribution in [0.3, 0.4) is 0 Å². The quantitative estimate of drug-likeness (QED) is 0.376. The molecule has 0 aliphatic carbocycles. The minimum Gasteiger partial charge on any atom is -0.333 e. The topological polar surface area (TPSA) is 24.4 Å². The number of rotatable bonds is 2. The zero-order valence-electron chi connectivity index (χ0n) is 14.5. The number of hydrogen-bond donors (Lipinski definition) is 1. The van der Waals surface area contributed by atoms with Crippen LogP contribution in [0.25, 0.3) is 0 Å². The van der Waals surface area contributed by atoms with E-state index >= 15 is 0 Å². The monoisotopic (exact) mass is 324 g/mol. The maximum atomic E-state index is 4.66. The second-order valence-corrected chi connectivity index (χ2v) is 5.90. The summed E-state index contributed by atoms with van der Waals surface area (Å²) in [6.45, 7) is 4.13. The van der Waals surface area contributed by atoms with Gasteiger partial charge in [-0.2, -0.15) is 0 Å². The van der Waals surface area contributed by atoms with Crippen LogP contribution in [-0.2, 0) is 0 Å². The van der Waals surface area contributed by atoms with Crippen molar-refractivity contribution in [1.29, 1.82) is 0 Å². The molecular formula is C23H20N2. The Hall–Kier alpha value is -3.31. The smallest absolute Gasteiger partial charge is 0.183 e. The second-order valence-electron chi connectivity index (χ2n) is 5.90. The third-order valence-corrected chi connectivity index (χ3v) is 3.69. The van der Waals surface area contributed by atoms with Crippen LogP contribution >= 0.6 is 0 Å². The summed E-state index contributed by atoms with van der Waals surface area (Å²) in [6.07, 6.45) is 0. The Morgan fingerprint density at radius 2 is 1.36 bits per heavy atom. The largest absolute Gasteiger partial charge is 0.333 e. The molecule has 2 nitrogen and oxygen atoms in total. The summed E-state index contributed by atoms with van der Waals surface area (Å²) in [5.41, 5.74) is 5.24. The molecule has 3 rings (SSSR count). The average molecular weight is 324 g/mol. The maximum absolute atomic E-state index is 4.66. The molecule has 0 aliphatic rings. The van der Waals surface area contributed by atoms with Gasteiger partial charge in [0.15, 0.2) is 5.84 Å². The van der Waals surface area contributed by atoms with Crippen molar-refractivity contribution in [2.24, 2.45) is 4.99 Å². The summed E-state index contributed by atoms with van der Waals surface area (Å²) in [6, 6.07) is 26.2. The van der Waals surface area contributed by atoms with E-state index in [9.17, 15) is 0 Å². The van der Waals surface area contributed by atoms with Crippen molar-refractivity contribution in [3.8, 4) is 11.8 Å². The second kappa shape index (κ2) is 7.99. The highest BCUT2D eigenvalue weighted by molar-refractivity contribution is 6.09. The van der Waals surface area contributed by atoms with Crippen molar-refractivity contribution >= 4 is 17.2 Å². The van der Waals surface area contributed by atoms with Gasteiger partial charge in [0.1, 0.15) is 0 Å². The Morgan fingerprint density at radius 3 is 2.00 bits per heavy atom. The van der Waals surface area contributed by atoms with E-state index < -0.39 is 0 Å². The summed E-state index contributed by atoms with van der Waals surface area (Å²) in [5.74, 6) is 6.94. The van der Waals surface area contributed by atoms with Gasteiger partial charge in [0.25, 0.3) is 0 Å². The molecule has 0 atom stereocenters. The first-order chi connectivity index (χ1) is 12.2. The van der Waals surface area contributed by atoms with Gasteiger partial charge >= 0.3 is 0 Å². The highest BCUT2D eigenvalue weighted by Crippen LogP contribution is 2.14. The highest BCUT2D eigenvalue weighted by atomic mass is 15.0. The Morgan fingerprint density at radius 1 is 0.760 bits per heavy atom. The standard InChI is InChI=1S/C23H20N2/c1-18-8-13-21(14-9-18)24-23(17-12-20-6-4-3-5-7-20)25-22-15-10-19(2)11-16-22/h3-11,13-16H,1-2H3,(H,24,25). The van der Waals surface area contributed by atoms with Gasteiger partial charge in [0, 0.05) is 11.3 Å². The lowest BCUT2D eigenvalue weighted by Gasteiger charge is -2.06. The predicted octanol–water partition coefficient (Wildman–Crippen LogP) is 5.50. The predicted molar refractivity (Wildman–Crippen MR) is 106 cm³/mol. The fourth-order valence-corrected chi connectivity index (χ4v) is 2.26. The molecule has 0 aliphatic heterocycles. The number of aliphatic imine (C=N–C) groups is 1. The molecule has 2 heteroatoms. The first-order valence-electron chi connectivity index (χ1n) is 8.25. The molecule has 3 aromatic rings. The van der Waals surface area contributed by atoms with Gasteiger partial charge in [-0.1, -0.05) is 59.5 Å². The molecule has 0 bridgehead atoms. The van der Waals surface area contributed by atoms with Crippen molar-refractivity contribution in [3.05, 3.63) is 95.6 Å². The third-order valence-electron chi connectivity index (χ3n) is 3.69. The minimum atomic E-state index is 0.622. The van der Waals surface area contributed by atoms with Gasteiger partial charge in [0.05, 0.1) is 5.69 Å². The molecule has 0 saturated carbocycles. The summed E-state index contributed by atoms with van der Waals surface area (Å²) in [7, 11) is 0. The molecule has 3 aromatic carbocycles. The van der Waals surface area contributed by atoms with Crippen molar-refractivity contribution < 1.29 is 0 Å². The molecule has 0 heterocycles. The first kappa shape index (κ1) is 16.5. The molecule has 0 spiro atoms. The lowest BCUT2D eigenvalue weighted by Crippen LogP contribution is -2.09. The lowest BCUT2D eigenvalue weighted by molar-refractivity contribution is 1.42. The van der Waals surface area contributed by atoms with E-state index in [-0.39, 0.29) is 0 Å². The van der Waals surface area contributed by atoms with Crippen molar-refractivity contribution in [2.45, 2.75) is 13.8 Å². The zero-order valence-corrected chi connectivity index (χ0v) is 14.5. The molecule has 122 valence electrons. The summed E-state index contributed by atoms with van der Waals surface area (Å²) >= 11 is 0. The van der Waals surface area contributed by atoms with Gasteiger partial charge in [-0.25, -0.2) is 4.99 Å². The number of aryl methyl sites for hydroxylation is 2. The van der Waals surface area contributed by atoms with E-state index in [4.69, 9.17) is 0 Å². The number of amidine groups is 1. The van der Waals surface area contributed by atoms with Crippen LogP contribution in [0.2, 0.25) is 0 Å². The summed E-state index contributed by atoms with van der Waals surface area (Å²) in [5, 5.41) is 3.32. The number of nitrogens with zero attached hydrogens (tertiary/aromatic N) is 1. The molecule has 0 unspecified atom stereocenters. The SMILES string of the molecule is Cc1ccc(N=C(C#Cc2ccccc2)Nc2ccc(C)cc2)cc1. The molecule has 25 heavy (non-hydrogen) atoms. The zero-order chi connectivity index (χ0) is 17.5. The summed E-state index contributed by atoms with van der Waals surface area (Å²) in [4.78, 5) is 4.66. The fourth-order valence-electron chi connectivity index (χ4n) is 2.26. The van der Waals surface area contributed by atoms with E-state index in [1.807, 2.05) is 66.7 Å². The van der Waals surface area contributed by atoms with Gasteiger partial charge in [0.2, 0.25) is 0 Å². The van der Waals surface area contributed by atoms with Crippen LogP contribution in [-0.4, -0.2) is 5.84 Å². The molecule has 0 fully saturated rings. The first-order valence-corrected chi connectivity index (χ1v) is 8.25. The molecule has 0 saturated heterocycles. The minimum absolute atomic E-state index is 0.622. The van der Waals surface area contributed by atoms with Gasteiger partial charge in [-0.3, -0.25) is 0 Å². The molecule has 0 amide bonds. The number of nitrogens with one attached hydrogen (secondary N) is 1. The van der Waals surface area contributed by atoms with E-state index in [1.165, 1.54) is 11.1 Å². The number of hydrogen-bond acceptors (Lipinski definition) is 1. The van der Waals surface area contributed by atoms with Crippen LogP contribution in [0.4, 0.5) is 11.4 Å². The van der Waals surface area contributed by atoms with E-state index in [2.05, 4.69) is 48.1 Å². The molecule has 0 radical (unpaired) electrons. The summed E-state index contributed by atoms with van der Waals surface area (Å²) < 4.78 is 0. The Labute approximate surface area is 149 Å². The average Bonchev–Trinajstić information content (AvgIpc) is 2.64. The normalized spacial score (nSPS) is 10.7. The van der Waals surface area contributed by atoms with Crippen LogP contribution in [0.5, 0.6) is 0 Å². The van der Waals surface area contributed by atoms with E-state index in [0.717, 1.165) is 16.9 Å². The Bertz CT molecular complexity index is 910. The van der Waals surface area contributed by atoms with Gasteiger partial charge < -0.3 is 5.32 Å². The highest BCUT2D eigenvalue weighted by Gasteiger charge is 1.99. The van der Waals surface area contributed by atoms with E-state index in [1.54, 1.807) is 0 Å². The Kier molecular flexibility index (Phi) is 5.29.